The molecule has 3 heteroatoms. The number of rotatable bonds is 60. The first-order chi connectivity index (χ1) is 38.8. The average Bonchev–Trinajstić information content (AvgIpc) is 3.46. The smallest absolute Gasteiger partial charge is 0.0665 e. The Labute approximate surface area is 504 Å². The number of para-hydroxylation sites is 2. The number of allylic oxidation sites excluding steroid dienone is 4. The van der Waals surface area contributed by atoms with Crippen molar-refractivity contribution >= 4 is 23.3 Å². The Balaban J connectivity index is 0.0000312. The molecule has 2 rings (SSSR count). The minimum absolute atomic E-state index is 0. The molecule has 0 aromatic heterocycles. The number of hydrogen-bond donors (Lipinski definition) is 0. The fourth-order valence-electron chi connectivity index (χ4n) is 11.5. The second kappa shape index (κ2) is 61.8. The van der Waals surface area contributed by atoms with Crippen LogP contribution in [0.5, 0.6) is 0 Å². The first-order valence-electron chi connectivity index (χ1n) is 35.4. The summed E-state index contributed by atoms with van der Waals surface area (Å²) in [5, 5.41) is 0. The summed E-state index contributed by atoms with van der Waals surface area (Å²) in [7, 11) is 0. The Morgan fingerprint density at radius 3 is 0.861 bits per heavy atom. The molecule has 0 amide bonds. The van der Waals surface area contributed by atoms with E-state index in [2.05, 4.69) is 99.8 Å². The topological polar surface area (TPSA) is 24.7 Å². The molecule has 0 fully saturated rings. The van der Waals surface area contributed by atoms with E-state index in [0.717, 1.165) is 62.0 Å². The van der Waals surface area contributed by atoms with E-state index in [1.165, 1.54) is 319 Å². The summed E-state index contributed by atoms with van der Waals surface area (Å²) in [5.41, 5.74) is 5.95. The third-order valence-electron chi connectivity index (χ3n) is 16.8. The number of aryl methyl sites for hydroxylation is 2. The van der Waals surface area contributed by atoms with Gasteiger partial charge < -0.3 is 0 Å². The van der Waals surface area contributed by atoms with Crippen molar-refractivity contribution < 1.29 is 16.5 Å². The van der Waals surface area contributed by atoms with Crippen molar-refractivity contribution in [1.29, 1.82) is 0 Å². The van der Waals surface area contributed by atoms with Gasteiger partial charge in [0.05, 0.1) is 17.1 Å². The maximum Gasteiger partial charge on any atom is 0.0665 e. The van der Waals surface area contributed by atoms with Crippen LogP contribution in [0.25, 0.3) is 0 Å². The molecule has 2 aromatic rings. The minimum Gasteiger partial charge on any atom is -0.255 e. The van der Waals surface area contributed by atoms with Crippen LogP contribution < -0.4 is 0 Å². The Morgan fingerprint density at radius 1 is 0.291 bits per heavy atom. The molecule has 0 saturated heterocycles. The first kappa shape index (κ1) is 74.8. The molecule has 0 heterocycles. The van der Waals surface area contributed by atoms with E-state index in [1.54, 1.807) is 0 Å². The van der Waals surface area contributed by atoms with Crippen molar-refractivity contribution in [2.24, 2.45) is 9.98 Å². The van der Waals surface area contributed by atoms with Gasteiger partial charge in [0.25, 0.3) is 0 Å². The third-order valence-corrected chi connectivity index (χ3v) is 16.8. The predicted octanol–water partition coefficient (Wildman–Crippen LogP) is 27.1. The van der Waals surface area contributed by atoms with Gasteiger partial charge in [-0.1, -0.05) is 370 Å². The van der Waals surface area contributed by atoms with E-state index in [-0.39, 0.29) is 16.5 Å². The van der Waals surface area contributed by atoms with E-state index in [1.807, 2.05) is 0 Å². The largest absolute Gasteiger partial charge is 0.255 e. The fourth-order valence-corrected chi connectivity index (χ4v) is 11.5. The van der Waals surface area contributed by atoms with Gasteiger partial charge in [-0.15, -0.1) is 0 Å². The quantitative estimate of drug-likeness (QED) is 0.0273. The van der Waals surface area contributed by atoms with Gasteiger partial charge in [-0.05, 0) is 87.5 Å². The number of unbranched alkanes of at least 4 members (excludes halogenated alkanes) is 47. The number of aliphatic imine (C=N–C) groups is 2. The molecule has 2 nitrogen and oxygen atoms in total. The molecule has 79 heavy (non-hydrogen) atoms. The van der Waals surface area contributed by atoms with Gasteiger partial charge in [-0.25, -0.2) is 0 Å². The molecule has 0 aliphatic heterocycles. The average molecular weight is 1130 g/mol. The van der Waals surface area contributed by atoms with Crippen molar-refractivity contribution in [3.8, 4) is 0 Å². The van der Waals surface area contributed by atoms with Crippen molar-refractivity contribution in [2.75, 3.05) is 0 Å². The van der Waals surface area contributed by atoms with Crippen LogP contribution in [0, 0.1) is 0 Å². The zero-order chi connectivity index (χ0) is 55.4. The van der Waals surface area contributed by atoms with Crippen LogP contribution in [-0.2, 0) is 29.3 Å². The minimum atomic E-state index is 0. The Kier molecular flexibility index (Phi) is 58.5. The Morgan fingerprint density at radius 2 is 0.544 bits per heavy atom. The SMILES string of the molecule is CCCCCCCCCCCCCCCCCCCCCCCCC/C=C/CCc1ccccc1/N=C(\C=N\c1ccccc1CC/C=C/CCCCCCCCCCCCCCCCCCCCCCCCC)CCCC.[Ni]. The van der Waals surface area contributed by atoms with Gasteiger partial charge in [-0.3, -0.25) is 9.98 Å². The molecule has 0 aliphatic rings. The van der Waals surface area contributed by atoms with Crippen LogP contribution in [0.2, 0.25) is 0 Å². The third kappa shape index (κ3) is 50.0. The number of hydrogen-bond acceptors (Lipinski definition) is 2. The molecule has 0 spiro atoms. The van der Waals surface area contributed by atoms with Crippen LogP contribution >= 0.6 is 0 Å². The molecule has 456 valence electrons. The van der Waals surface area contributed by atoms with Gasteiger partial charge in [0.15, 0.2) is 0 Å². The Hall–Kier alpha value is -2.25. The predicted molar refractivity (Wildman–Crippen MR) is 356 cm³/mol. The molecule has 0 atom stereocenters. The summed E-state index contributed by atoms with van der Waals surface area (Å²) in [6.45, 7) is 6.89. The zero-order valence-corrected chi connectivity index (χ0v) is 54.1. The van der Waals surface area contributed by atoms with Gasteiger partial charge in [0, 0.05) is 22.7 Å². The molecule has 2 aromatic carbocycles. The summed E-state index contributed by atoms with van der Waals surface area (Å²) in [5.74, 6) is 0. The summed E-state index contributed by atoms with van der Waals surface area (Å²) in [6.07, 6.45) is 88.1. The molecule has 0 saturated carbocycles. The van der Waals surface area contributed by atoms with Crippen molar-refractivity contribution in [1.82, 2.24) is 0 Å². The van der Waals surface area contributed by atoms with E-state index >= 15 is 0 Å². The van der Waals surface area contributed by atoms with Crippen LogP contribution in [-0.4, -0.2) is 11.9 Å². The van der Waals surface area contributed by atoms with E-state index in [4.69, 9.17) is 9.98 Å². The molecule has 0 N–H and O–H groups in total. The van der Waals surface area contributed by atoms with Crippen LogP contribution in [0.3, 0.4) is 0 Å². The Bertz CT molecular complexity index is 1650. The van der Waals surface area contributed by atoms with E-state index in [9.17, 15) is 0 Å². The van der Waals surface area contributed by atoms with Crippen LogP contribution in [0.15, 0.2) is 82.8 Å². The summed E-state index contributed by atoms with van der Waals surface area (Å²) in [6, 6.07) is 17.5. The number of benzene rings is 2. The van der Waals surface area contributed by atoms with Crippen LogP contribution in [0.4, 0.5) is 11.4 Å². The van der Waals surface area contributed by atoms with Gasteiger partial charge >= 0.3 is 0 Å². The van der Waals surface area contributed by atoms with Crippen LogP contribution in [0.1, 0.15) is 372 Å². The standard InChI is InChI=1S/C76H132N2.Ni/c1-4-7-10-12-14-16-18-20-22-24-26-28-30-32-34-36-38-40-42-44-46-48-50-52-54-56-58-64-72-66-60-62-69-75(72)77-71-74(68-9-6-3)78-76-70-63-61-67-73(76)65-59-57-55-53-51-49-47-45-43-41-39-37-35-33-31-29-27-25-23-21-19-17-15-13-11-8-5-2;/h54-57,60-63,66-67,69-71H,4-53,58-59,64-65,68H2,1-3H3;/b56-54+,57-55+,77-71+,78-74-;. The number of nitrogens with zero attached hydrogens (tertiary/aromatic N) is 2. The summed E-state index contributed by atoms with van der Waals surface area (Å²) < 4.78 is 0. The summed E-state index contributed by atoms with van der Waals surface area (Å²) in [4.78, 5) is 10.3. The van der Waals surface area contributed by atoms with Gasteiger partial charge in [0.1, 0.15) is 0 Å². The monoisotopic (exact) mass is 1130 g/mol. The van der Waals surface area contributed by atoms with Gasteiger partial charge in [0.2, 0.25) is 0 Å². The van der Waals surface area contributed by atoms with E-state index < -0.39 is 0 Å². The fraction of sp³-hybridized carbons (Fsp3) is 0.763. The van der Waals surface area contributed by atoms with E-state index in [0.29, 0.717) is 0 Å². The molecule has 0 aliphatic carbocycles. The molecular formula is C76H132N2Ni. The normalized spacial score (nSPS) is 12.1. The summed E-state index contributed by atoms with van der Waals surface area (Å²) >= 11 is 0. The van der Waals surface area contributed by atoms with Crippen molar-refractivity contribution in [2.45, 2.75) is 374 Å². The zero-order valence-electron chi connectivity index (χ0n) is 53.1. The second-order valence-corrected chi connectivity index (χ2v) is 24.4. The maximum atomic E-state index is 5.26. The molecule has 0 radical (unpaired) electrons. The van der Waals surface area contributed by atoms with Crippen molar-refractivity contribution in [3.63, 3.8) is 0 Å². The molecular weight excluding hydrogens is 1000 g/mol. The van der Waals surface area contributed by atoms with Crippen molar-refractivity contribution in [3.05, 3.63) is 84.0 Å². The first-order valence-corrected chi connectivity index (χ1v) is 35.4. The van der Waals surface area contributed by atoms with Gasteiger partial charge in [-0.2, -0.15) is 0 Å². The maximum absolute atomic E-state index is 5.26. The molecule has 0 bridgehead atoms. The second-order valence-electron chi connectivity index (χ2n) is 24.4. The molecule has 0 unspecified atom stereocenters.